The van der Waals surface area contributed by atoms with E-state index in [1.54, 1.807) is 11.0 Å². The second-order valence-electron chi connectivity index (χ2n) is 7.99. The second kappa shape index (κ2) is 8.81. The van der Waals surface area contributed by atoms with Gasteiger partial charge in [0.25, 0.3) is 5.91 Å². The molecule has 31 heavy (non-hydrogen) atoms. The summed E-state index contributed by atoms with van der Waals surface area (Å²) < 4.78 is 13.5. The summed E-state index contributed by atoms with van der Waals surface area (Å²) >= 11 is 7.67. The van der Waals surface area contributed by atoms with E-state index < -0.39 is 17.8 Å². The average Bonchev–Trinajstić information content (AvgIpc) is 3.26. The van der Waals surface area contributed by atoms with Gasteiger partial charge in [0.15, 0.2) is 0 Å². The summed E-state index contributed by atoms with van der Waals surface area (Å²) in [6, 6.07) is 14.5. The van der Waals surface area contributed by atoms with Crippen LogP contribution < -0.4 is 5.32 Å². The Kier molecular flexibility index (Phi) is 6.12. The molecule has 0 spiro atoms. The van der Waals surface area contributed by atoms with Crippen LogP contribution in [0.15, 0.2) is 60.0 Å². The predicted octanol–water partition coefficient (Wildman–Crippen LogP) is 6.12. The first-order valence-electron chi connectivity index (χ1n) is 10.1. The third kappa shape index (κ3) is 4.23. The molecule has 3 aromatic rings. The van der Waals surface area contributed by atoms with Crippen molar-refractivity contribution >= 4 is 40.4 Å². The largest absolute Gasteiger partial charge is 0.329 e. The van der Waals surface area contributed by atoms with E-state index >= 15 is 0 Å². The molecule has 1 aliphatic rings. The molecule has 0 radical (unpaired) electrons. The van der Waals surface area contributed by atoms with Crippen molar-refractivity contribution in [1.29, 1.82) is 0 Å². The second-order valence-corrected chi connectivity index (χ2v) is 9.38. The zero-order chi connectivity index (χ0) is 22.1. The Labute approximate surface area is 189 Å². The van der Waals surface area contributed by atoms with Crippen molar-refractivity contribution in [3.63, 3.8) is 0 Å². The minimum atomic E-state index is -0.632. The van der Waals surface area contributed by atoms with Crippen LogP contribution in [0.5, 0.6) is 0 Å². The Morgan fingerprint density at radius 2 is 1.97 bits per heavy atom. The van der Waals surface area contributed by atoms with Gasteiger partial charge in [-0.3, -0.25) is 9.59 Å². The van der Waals surface area contributed by atoms with Gasteiger partial charge in [0, 0.05) is 17.0 Å². The molecular formula is C24H22ClFN2O2S. The summed E-state index contributed by atoms with van der Waals surface area (Å²) in [6.45, 7) is 4.62. The number of carbonyl (C=O) groups excluding carboxylic acids is 2. The maximum atomic E-state index is 13.6. The number of hydrogen-bond acceptors (Lipinski definition) is 3. The lowest BCUT2D eigenvalue weighted by Crippen LogP contribution is -2.47. The van der Waals surface area contributed by atoms with E-state index in [0.29, 0.717) is 23.4 Å². The van der Waals surface area contributed by atoms with Gasteiger partial charge in [-0.1, -0.05) is 49.7 Å². The number of nitrogens with zero attached hydrogens (tertiary/aromatic N) is 1. The minimum absolute atomic E-state index is 0.0773. The topological polar surface area (TPSA) is 49.4 Å². The number of anilines is 1. The molecule has 1 aromatic heterocycles. The number of amides is 2. The Morgan fingerprint density at radius 1 is 1.19 bits per heavy atom. The fourth-order valence-corrected chi connectivity index (χ4v) is 5.14. The van der Waals surface area contributed by atoms with Gasteiger partial charge in [0.2, 0.25) is 5.91 Å². The van der Waals surface area contributed by atoms with Crippen LogP contribution in [0.4, 0.5) is 10.1 Å². The number of fused-ring (bicyclic) bond motifs is 1. The number of thiophene rings is 1. The summed E-state index contributed by atoms with van der Waals surface area (Å²) in [5.41, 5.74) is 1.55. The normalized spacial score (nSPS) is 18.2. The van der Waals surface area contributed by atoms with E-state index in [2.05, 4.69) is 5.32 Å². The number of benzene rings is 2. The Hall–Kier alpha value is -2.70. The Bertz CT molecular complexity index is 1120. The Balaban J connectivity index is 1.82. The monoisotopic (exact) mass is 456 g/mol. The summed E-state index contributed by atoms with van der Waals surface area (Å²) in [5.74, 6) is -1.25. The smallest absolute Gasteiger partial charge is 0.254 e. The summed E-state index contributed by atoms with van der Waals surface area (Å²) in [7, 11) is 0. The van der Waals surface area contributed by atoms with Crippen LogP contribution in [0.2, 0.25) is 5.02 Å². The lowest BCUT2D eigenvalue weighted by Gasteiger charge is -2.42. The highest BCUT2D eigenvalue weighted by Gasteiger charge is 2.44. The van der Waals surface area contributed by atoms with Crippen LogP contribution >= 0.6 is 22.9 Å². The van der Waals surface area contributed by atoms with Crippen molar-refractivity contribution in [3.05, 3.63) is 86.8 Å². The molecule has 4 rings (SSSR count). The van der Waals surface area contributed by atoms with Crippen molar-refractivity contribution in [2.75, 3.05) is 11.9 Å². The molecule has 0 bridgehead atoms. The number of nitrogens with one attached hydrogen (secondary N) is 1. The molecule has 2 heterocycles. The van der Waals surface area contributed by atoms with Crippen LogP contribution in [0.3, 0.4) is 0 Å². The standard InChI is InChI=1S/C24H22ClFN2O2S/c1-14(2)13-28-22(20-8-5-11-31-20)21(16-6-3-4-7-17(16)24(28)30)23(29)27-19-10-9-15(26)12-18(19)25/h3-12,14,21-22H,13H2,1-2H3,(H,27,29)/t21-,22+/m1/s1. The molecule has 0 aliphatic carbocycles. The van der Waals surface area contributed by atoms with E-state index in [1.165, 1.54) is 23.5 Å². The third-order valence-electron chi connectivity index (χ3n) is 5.31. The maximum absolute atomic E-state index is 13.6. The van der Waals surface area contributed by atoms with Crippen LogP contribution in [-0.2, 0) is 4.79 Å². The van der Waals surface area contributed by atoms with Gasteiger partial charge < -0.3 is 10.2 Å². The number of rotatable bonds is 5. The van der Waals surface area contributed by atoms with Crippen molar-refractivity contribution in [3.8, 4) is 0 Å². The van der Waals surface area contributed by atoms with Crippen molar-refractivity contribution in [2.24, 2.45) is 5.92 Å². The first-order chi connectivity index (χ1) is 14.9. The lowest BCUT2D eigenvalue weighted by molar-refractivity contribution is -0.119. The fourth-order valence-electron chi connectivity index (χ4n) is 4.05. The molecule has 0 fully saturated rings. The molecule has 0 unspecified atom stereocenters. The van der Waals surface area contributed by atoms with Gasteiger partial charge in [0.1, 0.15) is 5.82 Å². The number of halogens is 2. The van der Waals surface area contributed by atoms with Gasteiger partial charge in [-0.05, 0) is 47.2 Å². The molecule has 0 saturated heterocycles. The molecule has 1 N–H and O–H groups in total. The Morgan fingerprint density at radius 3 is 2.65 bits per heavy atom. The predicted molar refractivity (Wildman–Crippen MR) is 122 cm³/mol. The third-order valence-corrected chi connectivity index (χ3v) is 6.56. The molecule has 4 nitrogen and oxygen atoms in total. The van der Waals surface area contributed by atoms with Crippen molar-refractivity contribution in [2.45, 2.75) is 25.8 Å². The molecule has 0 saturated carbocycles. The SMILES string of the molecule is CC(C)CN1C(=O)c2ccccc2[C@@H](C(=O)Nc2ccc(F)cc2Cl)[C@@H]1c1cccs1. The first-order valence-corrected chi connectivity index (χ1v) is 11.3. The van der Waals surface area contributed by atoms with E-state index in [1.807, 2.05) is 49.6 Å². The highest BCUT2D eigenvalue weighted by molar-refractivity contribution is 7.10. The molecule has 2 atom stereocenters. The summed E-state index contributed by atoms with van der Waals surface area (Å²) in [4.78, 5) is 29.8. The van der Waals surface area contributed by atoms with Gasteiger partial charge in [0.05, 0.1) is 22.7 Å². The highest BCUT2D eigenvalue weighted by atomic mass is 35.5. The molecule has 2 aromatic carbocycles. The molecular weight excluding hydrogens is 435 g/mol. The average molecular weight is 457 g/mol. The van der Waals surface area contributed by atoms with Crippen LogP contribution in [0.1, 0.15) is 46.6 Å². The van der Waals surface area contributed by atoms with Crippen LogP contribution in [0.25, 0.3) is 0 Å². The van der Waals surface area contributed by atoms with Gasteiger partial charge >= 0.3 is 0 Å². The van der Waals surface area contributed by atoms with Crippen LogP contribution in [0, 0.1) is 11.7 Å². The molecule has 1 aliphatic heterocycles. The zero-order valence-corrected chi connectivity index (χ0v) is 18.7. The van der Waals surface area contributed by atoms with E-state index in [-0.39, 0.29) is 22.8 Å². The van der Waals surface area contributed by atoms with Crippen LogP contribution in [-0.4, -0.2) is 23.3 Å². The first kappa shape index (κ1) is 21.5. The number of carbonyl (C=O) groups is 2. The van der Waals surface area contributed by atoms with Gasteiger partial charge in [-0.25, -0.2) is 4.39 Å². The van der Waals surface area contributed by atoms with E-state index in [4.69, 9.17) is 11.6 Å². The minimum Gasteiger partial charge on any atom is -0.329 e. The summed E-state index contributed by atoms with van der Waals surface area (Å²) in [6.07, 6.45) is 0. The molecule has 2 amide bonds. The van der Waals surface area contributed by atoms with Gasteiger partial charge in [-0.2, -0.15) is 0 Å². The van der Waals surface area contributed by atoms with E-state index in [0.717, 1.165) is 10.9 Å². The quantitative estimate of drug-likeness (QED) is 0.503. The maximum Gasteiger partial charge on any atom is 0.254 e. The van der Waals surface area contributed by atoms with Crippen molar-refractivity contribution < 1.29 is 14.0 Å². The highest BCUT2D eigenvalue weighted by Crippen LogP contribution is 2.45. The zero-order valence-electron chi connectivity index (χ0n) is 17.1. The number of hydrogen-bond donors (Lipinski definition) is 1. The van der Waals surface area contributed by atoms with Gasteiger partial charge in [-0.15, -0.1) is 11.3 Å². The van der Waals surface area contributed by atoms with Crippen molar-refractivity contribution in [1.82, 2.24) is 4.90 Å². The van der Waals surface area contributed by atoms with E-state index in [9.17, 15) is 14.0 Å². The fraction of sp³-hybridized carbons (Fsp3) is 0.250. The molecule has 7 heteroatoms. The lowest BCUT2D eigenvalue weighted by atomic mass is 9.81. The summed E-state index contributed by atoms with van der Waals surface area (Å²) in [5, 5.41) is 4.93. The molecule has 160 valence electrons.